The molecular formula is C29H30N2O2. The minimum Gasteiger partial charge on any atom is -0.493 e. The van der Waals surface area contributed by atoms with Gasteiger partial charge in [-0.2, -0.15) is 0 Å². The molecule has 0 amide bonds. The Morgan fingerprint density at radius 3 is 2.67 bits per heavy atom. The summed E-state index contributed by atoms with van der Waals surface area (Å²) in [7, 11) is 1.65. The molecule has 0 saturated carbocycles. The third-order valence-electron chi connectivity index (χ3n) is 6.62. The van der Waals surface area contributed by atoms with Gasteiger partial charge < -0.3 is 14.8 Å². The molecule has 5 rings (SSSR count). The maximum absolute atomic E-state index is 5.59. The van der Waals surface area contributed by atoms with E-state index in [-0.39, 0.29) is 0 Å². The summed E-state index contributed by atoms with van der Waals surface area (Å²) in [6.07, 6.45) is 7.70. The smallest absolute Gasteiger partial charge is 0.161 e. The van der Waals surface area contributed by atoms with E-state index < -0.39 is 0 Å². The predicted molar refractivity (Wildman–Crippen MR) is 135 cm³/mol. The Balaban J connectivity index is 1.34. The van der Waals surface area contributed by atoms with E-state index in [1.807, 2.05) is 31.3 Å². The number of rotatable bonds is 6. The number of aryl methyl sites for hydroxylation is 1. The Morgan fingerprint density at radius 2 is 1.88 bits per heavy atom. The van der Waals surface area contributed by atoms with Crippen molar-refractivity contribution < 1.29 is 9.47 Å². The van der Waals surface area contributed by atoms with Crippen LogP contribution in [0.1, 0.15) is 47.6 Å². The van der Waals surface area contributed by atoms with Gasteiger partial charge in [0.25, 0.3) is 0 Å². The predicted octanol–water partition coefficient (Wildman–Crippen LogP) is 6.98. The van der Waals surface area contributed by atoms with E-state index in [2.05, 4.69) is 71.8 Å². The molecule has 0 fully saturated rings. The number of fused-ring (bicyclic) bond motifs is 3. The zero-order valence-electron chi connectivity index (χ0n) is 19.4. The van der Waals surface area contributed by atoms with E-state index in [0.29, 0.717) is 24.5 Å². The van der Waals surface area contributed by atoms with Gasteiger partial charge in [-0.3, -0.25) is 4.99 Å². The zero-order valence-corrected chi connectivity index (χ0v) is 19.4. The molecule has 1 aliphatic heterocycles. The molecule has 3 aromatic rings. The highest BCUT2D eigenvalue weighted by molar-refractivity contribution is 5.83. The summed E-state index contributed by atoms with van der Waals surface area (Å²) in [5.74, 6) is 2.50. The summed E-state index contributed by atoms with van der Waals surface area (Å²) < 4.78 is 11.0. The first-order chi connectivity index (χ1) is 16.2. The third kappa shape index (κ3) is 4.25. The Labute approximate surface area is 196 Å². The first kappa shape index (κ1) is 21.3. The highest BCUT2D eigenvalue weighted by Gasteiger charge is 2.37. The van der Waals surface area contributed by atoms with Crippen LogP contribution in [-0.2, 0) is 0 Å². The number of benzene rings is 3. The van der Waals surface area contributed by atoms with Crippen LogP contribution in [0.2, 0.25) is 0 Å². The van der Waals surface area contributed by atoms with E-state index in [4.69, 9.17) is 9.47 Å². The number of nitrogens with one attached hydrogen (secondary N) is 1. The first-order valence-electron chi connectivity index (χ1n) is 11.6. The number of hydrogen-bond acceptors (Lipinski definition) is 4. The van der Waals surface area contributed by atoms with Crippen LogP contribution in [0.25, 0.3) is 0 Å². The maximum atomic E-state index is 5.59. The Kier molecular flexibility index (Phi) is 5.91. The number of hydrogen-bond donors (Lipinski definition) is 1. The van der Waals surface area contributed by atoms with Crippen molar-refractivity contribution in [3.05, 3.63) is 95.1 Å². The van der Waals surface area contributed by atoms with Crippen LogP contribution in [0.3, 0.4) is 0 Å². The van der Waals surface area contributed by atoms with Crippen molar-refractivity contribution in [2.24, 2.45) is 10.9 Å². The van der Waals surface area contributed by atoms with Crippen LogP contribution in [0.15, 0.2) is 77.8 Å². The van der Waals surface area contributed by atoms with Gasteiger partial charge >= 0.3 is 0 Å². The molecule has 1 heterocycles. The summed E-state index contributed by atoms with van der Waals surface area (Å²) >= 11 is 0. The van der Waals surface area contributed by atoms with Gasteiger partial charge in [0.1, 0.15) is 0 Å². The van der Waals surface area contributed by atoms with Gasteiger partial charge in [-0.15, -0.1) is 0 Å². The van der Waals surface area contributed by atoms with Gasteiger partial charge in [-0.1, -0.05) is 42.0 Å². The molecule has 33 heavy (non-hydrogen) atoms. The molecule has 168 valence electrons. The summed E-state index contributed by atoms with van der Waals surface area (Å²) in [5, 5.41) is 3.81. The molecule has 1 N–H and O–H groups in total. The van der Waals surface area contributed by atoms with Crippen LogP contribution in [-0.4, -0.2) is 19.9 Å². The van der Waals surface area contributed by atoms with Gasteiger partial charge in [0.05, 0.1) is 25.4 Å². The SMILES string of the molecule is CCOc1ccc(C=Nc2ccc([C@@H]3Nc4ccc(C)cc4[C@@H]4C=CC[C@@H]43)cc2)cc1OC. The zero-order chi connectivity index (χ0) is 22.8. The molecule has 3 aromatic carbocycles. The summed E-state index contributed by atoms with van der Waals surface area (Å²) in [4.78, 5) is 4.67. The quantitative estimate of drug-likeness (QED) is 0.333. The van der Waals surface area contributed by atoms with Gasteiger partial charge in [0.15, 0.2) is 11.5 Å². The number of anilines is 1. The summed E-state index contributed by atoms with van der Waals surface area (Å²) in [5.41, 5.74) is 7.21. The molecule has 1 aliphatic carbocycles. The van der Waals surface area contributed by atoms with Crippen molar-refractivity contribution in [1.82, 2.24) is 0 Å². The van der Waals surface area contributed by atoms with Gasteiger partial charge in [0.2, 0.25) is 0 Å². The molecule has 0 bridgehead atoms. The molecule has 0 saturated heterocycles. The van der Waals surface area contributed by atoms with Crippen LogP contribution >= 0.6 is 0 Å². The number of nitrogens with zero attached hydrogens (tertiary/aromatic N) is 1. The van der Waals surface area contributed by atoms with Crippen LogP contribution in [0.4, 0.5) is 11.4 Å². The molecule has 0 spiro atoms. The van der Waals surface area contributed by atoms with E-state index in [0.717, 1.165) is 29.2 Å². The van der Waals surface area contributed by atoms with E-state index in [1.165, 1.54) is 22.4 Å². The van der Waals surface area contributed by atoms with Crippen molar-refractivity contribution in [3.63, 3.8) is 0 Å². The molecule has 0 unspecified atom stereocenters. The van der Waals surface area contributed by atoms with Crippen molar-refractivity contribution in [2.45, 2.75) is 32.2 Å². The molecule has 4 heteroatoms. The lowest BCUT2D eigenvalue weighted by atomic mass is 9.76. The number of aliphatic imine (C=N–C) groups is 1. The van der Waals surface area contributed by atoms with Crippen molar-refractivity contribution in [3.8, 4) is 11.5 Å². The molecule has 0 radical (unpaired) electrons. The molecule has 4 nitrogen and oxygen atoms in total. The van der Waals surface area contributed by atoms with Crippen LogP contribution in [0, 0.1) is 12.8 Å². The second kappa shape index (κ2) is 9.14. The lowest BCUT2D eigenvalue weighted by molar-refractivity contribution is 0.311. The van der Waals surface area contributed by atoms with Crippen LogP contribution in [0.5, 0.6) is 11.5 Å². The Morgan fingerprint density at radius 1 is 1.03 bits per heavy atom. The highest BCUT2D eigenvalue weighted by Crippen LogP contribution is 2.50. The maximum Gasteiger partial charge on any atom is 0.161 e. The lowest BCUT2D eigenvalue weighted by Crippen LogP contribution is -2.29. The number of methoxy groups -OCH3 is 1. The molecular weight excluding hydrogens is 408 g/mol. The third-order valence-corrected chi connectivity index (χ3v) is 6.62. The van der Waals surface area contributed by atoms with Gasteiger partial charge in [-0.25, -0.2) is 0 Å². The lowest BCUT2D eigenvalue weighted by Gasteiger charge is -2.37. The summed E-state index contributed by atoms with van der Waals surface area (Å²) in [6, 6.07) is 21.5. The Bertz CT molecular complexity index is 1200. The molecule has 3 atom stereocenters. The summed E-state index contributed by atoms with van der Waals surface area (Å²) in [6.45, 7) is 4.74. The average Bonchev–Trinajstić information content (AvgIpc) is 3.34. The fourth-order valence-electron chi connectivity index (χ4n) is 5.00. The fourth-order valence-corrected chi connectivity index (χ4v) is 5.00. The first-order valence-corrected chi connectivity index (χ1v) is 11.6. The van der Waals surface area contributed by atoms with E-state index in [9.17, 15) is 0 Å². The fraction of sp³-hybridized carbons (Fsp3) is 0.276. The topological polar surface area (TPSA) is 42.8 Å². The monoisotopic (exact) mass is 438 g/mol. The van der Waals surface area contributed by atoms with E-state index >= 15 is 0 Å². The second-order valence-corrected chi connectivity index (χ2v) is 8.76. The van der Waals surface area contributed by atoms with Gasteiger partial charge in [0, 0.05) is 17.8 Å². The standard InChI is InChI=1S/C29H30N2O2/c1-4-33-27-15-9-20(17-28(27)32-3)18-30-22-12-10-21(11-13-22)29-24-7-5-6-23(24)25-16-19(2)8-14-26(25)31-29/h5-6,8-18,23-24,29,31H,4,7H2,1-3H3/t23-,24+,29+/m1/s1. The Hall–Kier alpha value is -3.53. The number of ether oxygens (including phenoxy) is 2. The minimum absolute atomic E-state index is 0.300. The van der Waals surface area contributed by atoms with Gasteiger partial charge in [-0.05, 0) is 79.3 Å². The van der Waals surface area contributed by atoms with E-state index in [1.54, 1.807) is 7.11 Å². The number of allylic oxidation sites excluding steroid dienone is 2. The van der Waals surface area contributed by atoms with Crippen molar-refractivity contribution >= 4 is 17.6 Å². The highest BCUT2D eigenvalue weighted by atomic mass is 16.5. The average molecular weight is 439 g/mol. The normalized spacial score (nSPS) is 20.9. The van der Waals surface area contributed by atoms with Crippen LogP contribution < -0.4 is 14.8 Å². The van der Waals surface area contributed by atoms with Crippen molar-refractivity contribution in [1.29, 1.82) is 0 Å². The molecule has 2 aliphatic rings. The minimum atomic E-state index is 0.300. The van der Waals surface area contributed by atoms with Crippen molar-refractivity contribution in [2.75, 3.05) is 19.0 Å². The second-order valence-electron chi connectivity index (χ2n) is 8.76. The molecule has 0 aromatic heterocycles. The largest absolute Gasteiger partial charge is 0.493 e.